The number of aliphatic hydroxyl groups is 2. The minimum absolute atomic E-state index is 0.0498. The maximum atomic E-state index is 13.1. The molecule has 0 fully saturated rings. The number of hydrogen-bond acceptors (Lipinski definition) is 5. The summed E-state index contributed by atoms with van der Waals surface area (Å²) in [6.45, 7) is 0.275. The molecule has 0 unspecified atom stereocenters. The molecule has 4 rings (SSSR count). The number of aryl methyl sites for hydroxylation is 1. The van der Waals surface area contributed by atoms with Crippen molar-refractivity contribution in [1.82, 2.24) is 14.6 Å². The van der Waals surface area contributed by atoms with E-state index >= 15 is 0 Å². The van der Waals surface area contributed by atoms with Crippen molar-refractivity contribution < 1.29 is 28.2 Å². The number of carbonyl (C=O) groups is 1. The number of nitrogens with one attached hydrogen (secondary N) is 1. The molecule has 0 saturated heterocycles. The molecule has 3 N–H and O–H groups in total. The quantitative estimate of drug-likeness (QED) is 0.425. The van der Waals surface area contributed by atoms with E-state index in [4.69, 9.17) is 5.11 Å². The number of amides is 1. The number of nitrogens with zero attached hydrogens (tertiary/aromatic N) is 3. The van der Waals surface area contributed by atoms with E-state index < -0.39 is 29.9 Å². The van der Waals surface area contributed by atoms with Gasteiger partial charge in [-0.25, -0.2) is 9.50 Å². The fourth-order valence-electron chi connectivity index (χ4n) is 3.40. The lowest BCUT2D eigenvalue weighted by Crippen LogP contribution is -2.45. The second kappa shape index (κ2) is 8.30. The largest absolute Gasteiger partial charge is 0.423 e. The zero-order chi connectivity index (χ0) is 23.8. The molecule has 0 saturated carbocycles. The van der Waals surface area contributed by atoms with E-state index in [-0.39, 0.29) is 11.4 Å². The van der Waals surface area contributed by atoms with Crippen molar-refractivity contribution >= 4 is 17.4 Å². The second-order valence-electron chi connectivity index (χ2n) is 7.50. The highest BCUT2D eigenvalue weighted by molar-refractivity contribution is 6.04. The summed E-state index contributed by atoms with van der Waals surface area (Å²) in [6.07, 6.45) is -5.08. The van der Waals surface area contributed by atoms with Gasteiger partial charge in [-0.2, -0.15) is 18.3 Å². The highest BCUT2D eigenvalue weighted by Gasteiger charge is 2.54. The molecule has 2 heterocycles. The number of hydrogen-bond donors (Lipinski definition) is 3. The summed E-state index contributed by atoms with van der Waals surface area (Å²) < 4.78 is 41.1. The number of benzene rings is 2. The van der Waals surface area contributed by atoms with Crippen molar-refractivity contribution in [3.63, 3.8) is 0 Å². The Morgan fingerprint density at radius 2 is 1.73 bits per heavy atom. The second-order valence-corrected chi connectivity index (χ2v) is 7.50. The average Bonchev–Trinajstić information content (AvgIpc) is 3.17. The minimum atomic E-state index is -5.08. The van der Waals surface area contributed by atoms with Gasteiger partial charge in [0.25, 0.3) is 5.91 Å². The maximum Gasteiger partial charge on any atom is 0.423 e. The van der Waals surface area contributed by atoms with Gasteiger partial charge < -0.3 is 15.5 Å². The van der Waals surface area contributed by atoms with Gasteiger partial charge in [0.05, 0.1) is 18.0 Å². The van der Waals surface area contributed by atoms with E-state index in [1.807, 2.05) is 37.3 Å². The van der Waals surface area contributed by atoms with E-state index in [2.05, 4.69) is 15.4 Å². The van der Waals surface area contributed by atoms with Gasteiger partial charge in [-0.05, 0) is 24.6 Å². The van der Waals surface area contributed by atoms with Gasteiger partial charge in [-0.3, -0.25) is 4.79 Å². The molecule has 0 radical (unpaired) electrons. The molecule has 33 heavy (non-hydrogen) atoms. The van der Waals surface area contributed by atoms with Crippen molar-refractivity contribution in [3.8, 4) is 11.3 Å². The number of aliphatic hydroxyl groups excluding tert-OH is 1. The lowest BCUT2D eigenvalue weighted by molar-refractivity contribution is -0.277. The van der Waals surface area contributed by atoms with E-state index in [1.54, 1.807) is 16.6 Å². The van der Waals surface area contributed by atoms with Gasteiger partial charge in [0.2, 0.25) is 5.60 Å². The third-order valence-corrected chi connectivity index (χ3v) is 5.18. The van der Waals surface area contributed by atoms with E-state index in [0.717, 1.165) is 35.5 Å². The maximum absolute atomic E-state index is 13.1. The lowest BCUT2D eigenvalue weighted by atomic mass is 9.93. The Morgan fingerprint density at radius 3 is 2.33 bits per heavy atom. The van der Waals surface area contributed by atoms with Gasteiger partial charge in [-0.1, -0.05) is 42.5 Å². The van der Waals surface area contributed by atoms with Gasteiger partial charge in [0.15, 0.2) is 5.65 Å². The molecule has 1 amide bonds. The number of anilines is 1. The topological polar surface area (TPSA) is 99.8 Å². The van der Waals surface area contributed by atoms with Gasteiger partial charge in [0, 0.05) is 23.3 Å². The van der Waals surface area contributed by atoms with Gasteiger partial charge in [-0.15, -0.1) is 0 Å². The lowest BCUT2D eigenvalue weighted by Gasteiger charge is -2.28. The average molecular weight is 456 g/mol. The first kappa shape index (κ1) is 22.4. The third kappa shape index (κ3) is 4.18. The molecular formula is C23H19F3N4O3. The van der Waals surface area contributed by atoms with Crippen LogP contribution >= 0.6 is 0 Å². The minimum Gasteiger partial charge on any atom is -0.393 e. The first-order valence-electron chi connectivity index (χ1n) is 9.87. The number of fused-ring (bicyclic) bond motifs is 1. The summed E-state index contributed by atoms with van der Waals surface area (Å²) >= 11 is 0. The molecule has 170 valence electrons. The molecule has 1 atom stereocenters. The van der Waals surface area contributed by atoms with Gasteiger partial charge in [0.1, 0.15) is 5.82 Å². The SMILES string of the molecule is Cc1cc2nc(NC(=O)c3ccc([C@@](O)(CO)C(F)(F)F)cc3)cc(-c3ccccc3)n2n1. The molecule has 0 aliphatic carbocycles. The van der Waals surface area contributed by atoms with Crippen molar-refractivity contribution in [2.24, 2.45) is 0 Å². The molecule has 0 aliphatic heterocycles. The highest BCUT2D eigenvalue weighted by atomic mass is 19.4. The summed E-state index contributed by atoms with van der Waals surface area (Å²) in [6, 6.07) is 17.0. The van der Waals surface area contributed by atoms with Crippen LogP contribution in [-0.2, 0) is 5.60 Å². The number of aromatic nitrogens is 3. The Kier molecular flexibility index (Phi) is 5.64. The fraction of sp³-hybridized carbons (Fsp3) is 0.174. The van der Waals surface area contributed by atoms with Crippen LogP contribution in [0.1, 0.15) is 21.6 Å². The van der Waals surface area contributed by atoms with Crippen LogP contribution in [-0.4, -0.2) is 43.5 Å². The number of alkyl halides is 3. The van der Waals surface area contributed by atoms with Crippen LogP contribution in [0.3, 0.4) is 0 Å². The molecule has 7 nitrogen and oxygen atoms in total. The van der Waals surface area contributed by atoms with Crippen LogP contribution in [0.5, 0.6) is 0 Å². The third-order valence-electron chi connectivity index (χ3n) is 5.18. The van der Waals surface area contributed by atoms with Crippen LogP contribution < -0.4 is 5.32 Å². The van der Waals surface area contributed by atoms with Crippen LogP contribution in [0.15, 0.2) is 66.7 Å². The normalized spacial score (nSPS) is 13.6. The summed E-state index contributed by atoms with van der Waals surface area (Å²) in [7, 11) is 0. The smallest absolute Gasteiger partial charge is 0.393 e. The predicted molar refractivity (Wildman–Crippen MR) is 115 cm³/mol. The fourth-order valence-corrected chi connectivity index (χ4v) is 3.40. The summed E-state index contributed by atoms with van der Waals surface area (Å²) in [5, 5.41) is 26.0. The van der Waals surface area contributed by atoms with Crippen molar-refractivity contribution in [2.75, 3.05) is 11.9 Å². The standard InChI is InChI=1S/C23H19F3N4O3/c1-14-11-20-27-19(12-18(30(20)29-14)15-5-3-2-4-6-15)28-21(32)16-7-9-17(10-8-16)22(33,13-31)23(24,25)26/h2-12,31,33H,13H2,1H3,(H,27,28,32)/t22-/m0/s1. The Morgan fingerprint density at radius 1 is 1.06 bits per heavy atom. The van der Waals surface area contributed by atoms with Crippen molar-refractivity contribution in [1.29, 1.82) is 0 Å². The Hall–Kier alpha value is -3.76. The Balaban J connectivity index is 1.65. The van der Waals surface area contributed by atoms with Crippen LogP contribution in [0.2, 0.25) is 0 Å². The first-order chi connectivity index (χ1) is 15.6. The first-order valence-corrected chi connectivity index (χ1v) is 9.87. The molecule has 0 spiro atoms. The van der Waals surface area contributed by atoms with Crippen LogP contribution in [0, 0.1) is 6.92 Å². The Labute approximate surface area is 186 Å². The van der Waals surface area contributed by atoms with E-state index in [0.29, 0.717) is 11.3 Å². The number of rotatable bonds is 5. The van der Waals surface area contributed by atoms with Crippen molar-refractivity contribution in [2.45, 2.75) is 18.7 Å². The predicted octanol–water partition coefficient (Wildman–Crippen LogP) is 3.70. The van der Waals surface area contributed by atoms with E-state index in [1.165, 1.54) is 0 Å². The highest BCUT2D eigenvalue weighted by Crippen LogP contribution is 2.38. The molecule has 2 aromatic carbocycles. The molecule has 0 bridgehead atoms. The summed E-state index contributed by atoms with van der Waals surface area (Å²) in [5.74, 6) is -0.370. The van der Waals surface area contributed by atoms with Gasteiger partial charge >= 0.3 is 6.18 Å². The van der Waals surface area contributed by atoms with Crippen LogP contribution in [0.25, 0.3) is 16.9 Å². The monoisotopic (exact) mass is 456 g/mol. The van der Waals surface area contributed by atoms with Crippen molar-refractivity contribution in [3.05, 3.63) is 83.6 Å². The molecule has 4 aromatic rings. The molecule has 10 heteroatoms. The van der Waals surface area contributed by atoms with Crippen LogP contribution in [0.4, 0.5) is 19.0 Å². The Bertz CT molecular complexity index is 1300. The molecular weight excluding hydrogens is 437 g/mol. The molecule has 0 aliphatic rings. The summed E-state index contributed by atoms with van der Waals surface area (Å²) in [5.41, 5.74) is -1.15. The zero-order valence-corrected chi connectivity index (χ0v) is 17.3. The van der Waals surface area contributed by atoms with E-state index in [9.17, 15) is 23.1 Å². The number of halogens is 3. The number of carbonyl (C=O) groups excluding carboxylic acids is 1. The zero-order valence-electron chi connectivity index (χ0n) is 17.3. The summed E-state index contributed by atoms with van der Waals surface area (Å²) in [4.78, 5) is 17.1. The molecule has 2 aromatic heterocycles.